The van der Waals surface area contributed by atoms with E-state index in [0.717, 1.165) is 18.4 Å². The van der Waals surface area contributed by atoms with Crippen molar-refractivity contribution in [3.63, 3.8) is 0 Å². The Morgan fingerprint density at radius 2 is 1.88 bits per heavy atom. The van der Waals surface area contributed by atoms with Gasteiger partial charge in [0, 0.05) is 19.0 Å². The number of esters is 1. The second kappa shape index (κ2) is 11.2. The van der Waals surface area contributed by atoms with Crippen LogP contribution in [0.15, 0.2) is 53.3 Å². The minimum Gasteiger partial charge on any atom is -0.453 e. The van der Waals surface area contributed by atoms with E-state index >= 15 is 0 Å². The molecule has 1 atom stereocenters. The van der Waals surface area contributed by atoms with E-state index in [4.69, 9.17) is 4.74 Å². The number of fused-ring (bicyclic) bond motifs is 1. The van der Waals surface area contributed by atoms with Crippen molar-refractivity contribution in [3.05, 3.63) is 74.7 Å². The first-order valence-corrected chi connectivity index (χ1v) is 11.0. The summed E-state index contributed by atoms with van der Waals surface area (Å²) in [4.78, 5) is 52.6. The third kappa shape index (κ3) is 5.83. The fourth-order valence-electron chi connectivity index (χ4n) is 3.45. The summed E-state index contributed by atoms with van der Waals surface area (Å²) in [5.41, 5.74) is 1.15. The van der Waals surface area contributed by atoms with Gasteiger partial charge in [-0.1, -0.05) is 37.6 Å². The van der Waals surface area contributed by atoms with Gasteiger partial charge in [-0.15, -0.1) is 0 Å². The predicted molar refractivity (Wildman–Crippen MR) is 127 cm³/mol. The number of anilines is 1. The highest BCUT2D eigenvalue weighted by atomic mass is 16.6. The number of hydrogen-bond acceptors (Lipinski definition) is 7. The molecule has 1 amide bonds. The second-order valence-electron chi connectivity index (χ2n) is 7.75. The summed E-state index contributed by atoms with van der Waals surface area (Å²) in [5.74, 6) is -1.38. The number of aromatic nitrogens is 2. The Morgan fingerprint density at radius 1 is 1.18 bits per heavy atom. The number of para-hydroxylation sites is 4. The van der Waals surface area contributed by atoms with Crippen LogP contribution in [0.1, 0.15) is 38.8 Å². The molecule has 1 N–H and O–H groups in total. The van der Waals surface area contributed by atoms with E-state index in [0.29, 0.717) is 12.1 Å². The number of nitro benzene ring substituents is 1. The maximum Gasteiger partial charge on any atom is 0.306 e. The van der Waals surface area contributed by atoms with Crippen LogP contribution in [-0.2, 0) is 27.3 Å². The standard InChI is InChI=1S/C24H26N4O6/c1-3-4-15-27-20-11-7-5-9-17(20)25-19(24(27)31)13-14-22(29)34-16(2)23(30)26-18-10-6-8-12-21(18)28(32)33/h5-12,16H,3-4,13-15H2,1-2H3,(H,26,30). The topological polar surface area (TPSA) is 133 Å². The van der Waals surface area contributed by atoms with Gasteiger partial charge >= 0.3 is 5.97 Å². The summed E-state index contributed by atoms with van der Waals surface area (Å²) in [6.45, 7) is 3.96. The summed E-state index contributed by atoms with van der Waals surface area (Å²) in [6, 6.07) is 13.0. The number of benzene rings is 2. The molecule has 0 radical (unpaired) electrons. The summed E-state index contributed by atoms with van der Waals surface area (Å²) in [6.07, 6.45) is 0.501. The number of aryl methyl sites for hydroxylation is 2. The highest BCUT2D eigenvalue weighted by Crippen LogP contribution is 2.23. The Balaban J connectivity index is 1.66. The summed E-state index contributed by atoms with van der Waals surface area (Å²) < 4.78 is 6.85. The van der Waals surface area contributed by atoms with Crippen LogP contribution in [0.2, 0.25) is 0 Å². The Kier molecular flexibility index (Phi) is 8.07. The molecule has 178 valence electrons. The molecule has 10 heteroatoms. The number of ether oxygens (including phenoxy) is 1. The number of carbonyl (C=O) groups excluding carboxylic acids is 2. The zero-order chi connectivity index (χ0) is 24.7. The van der Waals surface area contributed by atoms with Gasteiger partial charge in [-0.2, -0.15) is 0 Å². The van der Waals surface area contributed by atoms with Crippen LogP contribution in [-0.4, -0.2) is 32.5 Å². The van der Waals surface area contributed by atoms with Crippen LogP contribution in [0.4, 0.5) is 11.4 Å². The van der Waals surface area contributed by atoms with Gasteiger partial charge in [0.25, 0.3) is 17.2 Å². The summed E-state index contributed by atoms with van der Waals surface area (Å²) in [5, 5.41) is 13.5. The molecule has 1 heterocycles. The van der Waals surface area contributed by atoms with Crippen LogP contribution in [0.25, 0.3) is 11.0 Å². The van der Waals surface area contributed by atoms with Crippen molar-refractivity contribution >= 4 is 34.3 Å². The van der Waals surface area contributed by atoms with Crippen molar-refractivity contribution in [1.29, 1.82) is 0 Å². The van der Waals surface area contributed by atoms with Crippen LogP contribution >= 0.6 is 0 Å². The molecule has 0 fully saturated rings. The van der Waals surface area contributed by atoms with Gasteiger partial charge in [0.2, 0.25) is 0 Å². The first-order chi connectivity index (χ1) is 16.3. The van der Waals surface area contributed by atoms with Crippen molar-refractivity contribution in [2.75, 3.05) is 5.32 Å². The Morgan fingerprint density at radius 3 is 2.62 bits per heavy atom. The lowest BCUT2D eigenvalue weighted by atomic mass is 10.2. The number of amides is 1. The predicted octanol–water partition coefficient (Wildman–Crippen LogP) is 3.61. The van der Waals surface area contributed by atoms with E-state index in [2.05, 4.69) is 10.3 Å². The van der Waals surface area contributed by atoms with E-state index in [1.807, 2.05) is 31.2 Å². The number of nitrogens with zero attached hydrogens (tertiary/aromatic N) is 3. The number of hydrogen-bond donors (Lipinski definition) is 1. The lowest BCUT2D eigenvalue weighted by Crippen LogP contribution is -2.31. The zero-order valence-electron chi connectivity index (χ0n) is 19.0. The Labute approximate surface area is 195 Å². The third-order valence-corrected chi connectivity index (χ3v) is 5.26. The molecule has 0 saturated heterocycles. The largest absolute Gasteiger partial charge is 0.453 e. The molecule has 1 aromatic heterocycles. The molecule has 10 nitrogen and oxygen atoms in total. The van der Waals surface area contributed by atoms with Gasteiger partial charge in [0.1, 0.15) is 11.4 Å². The average molecular weight is 466 g/mol. The molecule has 0 spiro atoms. The minimum absolute atomic E-state index is 0.00777. The lowest BCUT2D eigenvalue weighted by molar-refractivity contribution is -0.383. The van der Waals surface area contributed by atoms with Crippen molar-refractivity contribution < 1.29 is 19.2 Å². The average Bonchev–Trinajstić information content (AvgIpc) is 2.82. The van der Waals surface area contributed by atoms with Gasteiger partial charge < -0.3 is 14.6 Å². The molecular weight excluding hydrogens is 440 g/mol. The molecule has 0 aliphatic rings. The number of unbranched alkanes of at least 4 members (excludes halogenated alkanes) is 1. The van der Waals surface area contributed by atoms with Crippen LogP contribution in [0, 0.1) is 10.1 Å². The van der Waals surface area contributed by atoms with E-state index in [1.54, 1.807) is 10.6 Å². The van der Waals surface area contributed by atoms with Gasteiger partial charge in [0.15, 0.2) is 6.10 Å². The fourth-order valence-corrected chi connectivity index (χ4v) is 3.45. The van der Waals surface area contributed by atoms with Crippen molar-refractivity contribution in [2.24, 2.45) is 0 Å². The fraction of sp³-hybridized carbons (Fsp3) is 0.333. The van der Waals surface area contributed by atoms with Crippen LogP contribution in [0.3, 0.4) is 0 Å². The van der Waals surface area contributed by atoms with Crippen molar-refractivity contribution in [2.45, 2.75) is 52.2 Å². The maximum absolute atomic E-state index is 13.0. The van der Waals surface area contributed by atoms with Crippen LogP contribution < -0.4 is 10.9 Å². The number of nitrogens with one attached hydrogen (secondary N) is 1. The van der Waals surface area contributed by atoms with E-state index in [9.17, 15) is 24.5 Å². The highest BCUT2D eigenvalue weighted by molar-refractivity contribution is 5.96. The number of rotatable bonds is 10. The molecule has 1 unspecified atom stereocenters. The molecule has 0 aliphatic heterocycles. The molecule has 3 rings (SSSR count). The molecule has 34 heavy (non-hydrogen) atoms. The SMILES string of the molecule is CCCCn1c(=O)c(CCC(=O)OC(C)C(=O)Nc2ccccc2[N+](=O)[O-])nc2ccccc21. The summed E-state index contributed by atoms with van der Waals surface area (Å²) in [7, 11) is 0. The zero-order valence-corrected chi connectivity index (χ0v) is 19.0. The van der Waals surface area contributed by atoms with E-state index in [-0.39, 0.29) is 35.5 Å². The van der Waals surface area contributed by atoms with Gasteiger partial charge in [-0.05, 0) is 31.5 Å². The first-order valence-electron chi connectivity index (χ1n) is 11.0. The minimum atomic E-state index is -1.18. The van der Waals surface area contributed by atoms with Gasteiger partial charge in [0.05, 0.1) is 22.4 Å². The molecule has 0 bridgehead atoms. The van der Waals surface area contributed by atoms with Crippen molar-refractivity contribution in [1.82, 2.24) is 9.55 Å². The molecule has 0 aliphatic carbocycles. The highest BCUT2D eigenvalue weighted by Gasteiger charge is 2.22. The molecule has 3 aromatic rings. The lowest BCUT2D eigenvalue weighted by Gasteiger charge is -2.14. The maximum atomic E-state index is 13.0. The first kappa shape index (κ1) is 24.6. The molecule has 2 aromatic carbocycles. The van der Waals surface area contributed by atoms with Crippen molar-refractivity contribution in [3.8, 4) is 0 Å². The molecular formula is C24H26N4O6. The smallest absolute Gasteiger partial charge is 0.306 e. The van der Waals surface area contributed by atoms with Crippen LogP contribution in [0.5, 0.6) is 0 Å². The Hall–Kier alpha value is -4.08. The number of nitro groups is 1. The normalized spacial score (nSPS) is 11.7. The second-order valence-corrected chi connectivity index (χ2v) is 7.75. The number of carbonyl (C=O) groups is 2. The Bertz CT molecular complexity index is 1270. The third-order valence-electron chi connectivity index (χ3n) is 5.26. The molecule has 0 saturated carbocycles. The van der Waals surface area contributed by atoms with Gasteiger partial charge in [-0.25, -0.2) is 4.98 Å². The quantitative estimate of drug-likeness (QED) is 0.274. The monoisotopic (exact) mass is 466 g/mol. The van der Waals surface area contributed by atoms with E-state index in [1.165, 1.54) is 25.1 Å². The summed E-state index contributed by atoms with van der Waals surface area (Å²) >= 11 is 0. The van der Waals surface area contributed by atoms with Gasteiger partial charge in [-0.3, -0.25) is 24.5 Å². The van der Waals surface area contributed by atoms with E-state index < -0.39 is 22.9 Å².